The van der Waals surface area contributed by atoms with Crippen LogP contribution in [0.1, 0.15) is 40.5 Å². The standard InChI is InChI=1S/C16H15BrN2O2/c1-19-8-5-6-12(19)14-11(7-8)18-10-4-2-3-9(17)13(10)15(14)16(20)21/h2-4,8,12H,5-7H2,1H3,(H,20,21). The van der Waals surface area contributed by atoms with E-state index in [0.717, 1.165) is 45.9 Å². The van der Waals surface area contributed by atoms with Crippen LogP contribution in [0.15, 0.2) is 22.7 Å². The van der Waals surface area contributed by atoms with Crippen molar-refractivity contribution in [3.05, 3.63) is 39.5 Å². The summed E-state index contributed by atoms with van der Waals surface area (Å²) in [6.07, 6.45) is 2.99. The van der Waals surface area contributed by atoms with Crippen LogP contribution in [0.25, 0.3) is 10.9 Å². The molecule has 1 N–H and O–H groups in total. The van der Waals surface area contributed by atoms with Crippen LogP contribution in [0.2, 0.25) is 0 Å². The van der Waals surface area contributed by atoms with Crippen molar-refractivity contribution in [1.29, 1.82) is 0 Å². The Morgan fingerprint density at radius 3 is 3.00 bits per heavy atom. The molecule has 2 unspecified atom stereocenters. The number of fused-ring (bicyclic) bond motifs is 5. The normalized spacial score (nSPS) is 24.3. The Kier molecular flexibility index (Phi) is 2.84. The second kappa shape index (κ2) is 4.52. The second-order valence-electron chi connectivity index (χ2n) is 5.90. The molecule has 1 fully saturated rings. The molecule has 2 bridgehead atoms. The molecule has 2 aliphatic heterocycles. The zero-order chi connectivity index (χ0) is 14.7. The monoisotopic (exact) mass is 346 g/mol. The van der Waals surface area contributed by atoms with Crippen LogP contribution < -0.4 is 0 Å². The Morgan fingerprint density at radius 1 is 1.43 bits per heavy atom. The molecular formula is C16H15BrN2O2. The highest BCUT2D eigenvalue weighted by Crippen LogP contribution is 2.45. The second-order valence-corrected chi connectivity index (χ2v) is 6.76. The number of pyridine rings is 1. The Labute approximate surface area is 130 Å². The van der Waals surface area contributed by atoms with Gasteiger partial charge in [-0.2, -0.15) is 0 Å². The summed E-state index contributed by atoms with van der Waals surface area (Å²) in [5.74, 6) is -0.857. The average Bonchev–Trinajstić information content (AvgIpc) is 2.69. The van der Waals surface area contributed by atoms with E-state index < -0.39 is 5.97 Å². The van der Waals surface area contributed by atoms with Gasteiger partial charge in [-0.05, 0) is 32.0 Å². The van der Waals surface area contributed by atoms with Crippen molar-refractivity contribution in [2.75, 3.05) is 7.05 Å². The van der Waals surface area contributed by atoms with Gasteiger partial charge in [0.2, 0.25) is 0 Å². The van der Waals surface area contributed by atoms with Crippen LogP contribution in [0, 0.1) is 0 Å². The van der Waals surface area contributed by atoms with E-state index in [1.807, 2.05) is 18.2 Å². The van der Waals surface area contributed by atoms with Crippen LogP contribution in [-0.2, 0) is 6.42 Å². The Balaban J connectivity index is 2.12. The maximum absolute atomic E-state index is 12.0. The fraction of sp³-hybridized carbons (Fsp3) is 0.375. The van der Waals surface area contributed by atoms with Crippen LogP contribution in [0.3, 0.4) is 0 Å². The van der Waals surface area contributed by atoms with E-state index in [0.29, 0.717) is 11.6 Å². The van der Waals surface area contributed by atoms with E-state index >= 15 is 0 Å². The molecule has 0 radical (unpaired) electrons. The van der Waals surface area contributed by atoms with E-state index in [-0.39, 0.29) is 6.04 Å². The first kappa shape index (κ1) is 13.2. The van der Waals surface area contributed by atoms with Crippen LogP contribution >= 0.6 is 15.9 Å². The lowest BCUT2D eigenvalue weighted by Gasteiger charge is -2.33. The Hall–Kier alpha value is -1.46. The third-order valence-corrected chi connectivity index (χ3v) is 5.56. The molecule has 1 saturated heterocycles. The number of nitrogens with zero attached hydrogens (tertiary/aromatic N) is 2. The number of aromatic carboxylic acids is 1. The molecule has 2 aromatic rings. The highest BCUT2D eigenvalue weighted by Gasteiger charge is 2.41. The van der Waals surface area contributed by atoms with E-state index in [9.17, 15) is 9.90 Å². The molecular weight excluding hydrogens is 332 g/mol. The molecule has 0 amide bonds. The number of hydrogen-bond donors (Lipinski definition) is 1. The van der Waals surface area contributed by atoms with Crippen molar-refractivity contribution in [2.24, 2.45) is 0 Å². The van der Waals surface area contributed by atoms with Gasteiger partial charge in [0.05, 0.1) is 11.1 Å². The summed E-state index contributed by atoms with van der Waals surface area (Å²) >= 11 is 3.49. The lowest BCUT2D eigenvalue weighted by molar-refractivity contribution is 0.0694. The van der Waals surface area contributed by atoms with Crippen molar-refractivity contribution < 1.29 is 9.90 Å². The number of benzene rings is 1. The molecule has 5 heteroatoms. The van der Waals surface area contributed by atoms with Gasteiger partial charge in [0.1, 0.15) is 0 Å². The number of hydrogen-bond acceptors (Lipinski definition) is 3. The topological polar surface area (TPSA) is 53.4 Å². The maximum Gasteiger partial charge on any atom is 0.336 e. The smallest absolute Gasteiger partial charge is 0.336 e. The summed E-state index contributed by atoms with van der Waals surface area (Å²) < 4.78 is 0.801. The van der Waals surface area contributed by atoms with Gasteiger partial charge in [-0.15, -0.1) is 0 Å². The number of aromatic nitrogens is 1. The Morgan fingerprint density at radius 2 is 2.24 bits per heavy atom. The molecule has 0 saturated carbocycles. The van der Waals surface area contributed by atoms with E-state index in [2.05, 4.69) is 27.9 Å². The minimum atomic E-state index is -0.857. The van der Waals surface area contributed by atoms with Gasteiger partial charge in [-0.25, -0.2) is 4.79 Å². The van der Waals surface area contributed by atoms with Gasteiger partial charge in [-0.3, -0.25) is 9.88 Å². The molecule has 2 atom stereocenters. The van der Waals surface area contributed by atoms with Gasteiger partial charge < -0.3 is 5.11 Å². The van der Waals surface area contributed by atoms with E-state index in [1.54, 1.807) is 0 Å². The fourth-order valence-corrected chi connectivity index (χ4v) is 4.46. The number of carboxylic acids is 1. The predicted molar refractivity (Wildman–Crippen MR) is 83.6 cm³/mol. The van der Waals surface area contributed by atoms with Crippen molar-refractivity contribution >= 4 is 32.8 Å². The predicted octanol–water partition coefficient (Wildman–Crippen LogP) is 3.39. The Bertz CT molecular complexity index is 774. The van der Waals surface area contributed by atoms with Crippen LogP contribution in [0.5, 0.6) is 0 Å². The average molecular weight is 347 g/mol. The number of likely N-dealkylation sites (N-methyl/N-ethyl adjacent to an activating group) is 1. The third-order valence-electron chi connectivity index (χ3n) is 4.89. The van der Waals surface area contributed by atoms with Gasteiger partial charge in [0, 0.05) is 39.6 Å². The fourth-order valence-electron chi connectivity index (χ4n) is 3.90. The first-order chi connectivity index (χ1) is 10.1. The summed E-state index contributed by atoms with van der Waals surface area (Å²) in [6.45, 7) is 0. The summed E-state index contributed by atoms with van der Waals surface area (Å²) in [5.41, 5.74) is 3.10. The number of rotatable bonds is 1. The van der Waals surface area contributed by atoms with Crippen molar-refractivity contribution in [2.45, 2.75) is 31.3 Å². The highest BCUT2D eigenvalue weighted by molar-refractivity contribution is 9.10. The molecule has 2 aliphatic rings. The van der Waals surface area contributed by atoms with Gasteiger partial charge in [0.25, 0.3) is 0 Å². The minimum absolute atomic E-state index is 0.189. The largest absolute Gasteiger partial charge is 0.478 e. The third kappa shape index (κ3) is 1.77. The lowest BCUT2D eigenvalue weighted by atomic mass is 9.91. The summed E-state index contributed by atoms with van der Waals surface area (Å²) in [6, 6.07) is 6.37. The molecule has 4 rings (SSSR count). The lowest BCUT2D eigenvalue weighted by Crippen LogP contribution is -2.36. The minimum Gasteiger partial charge on any atom is -0.478 e. The molecule has 1 aromatic heterocycles. The zero-order valence-corrected chi connectivity index (χ0v) is 13.2. The van der Waals surface area contributed by atoms with Gasteiger partial charge in [0.15, 0.2) is 0 Å². The maximum atomic E-state index is 12.0. The molecule has 21 heavy (non-hydrogen) atoms. The van der Waals surface area contributed by atoms with Crippen molar-refractivity contribution in [3.63, 3.8) is 0 Å². The quantitative estimate of drug-likeness (QED) is 0.859. The van der Waals surface area contributed by atoms with Gasteiger partial charge in [-0.1, -0.05) is 22.0 Å². The molecule has 1 aromatic carbocycles. The highest BCUT2D eigenvalue weighted by atomic mass is 79.9. The molecule has 3 heterocycles. The van der Waals surface area contributed by atoms with E-state index in [4.69, 9.17) is 4.98 Å². The first-order valence-corrected chi connectivity index (χ1v) is 7.93. The van der Waals surface area contributed by atoms with Crippen LogP contribution in [0.4, 0.5) is 0 Å². The summed E-state index contributed by atoms with van der Waals surface area (Å²) in [7, 11) is 2.10. The molecule has 108 valence electrons. The zero-order valence-electron chi connectivity index (χ0n) is 11.6. The van der Waals surface area contributed by atoms with Crippen LogP contribution in [-0.4, -0.2) is 34.0 Å². The number of carbonyl (C=O) groups is 1. The SMILES string of the molecule is CN1C2CCC1c1c(nc3cccc(Br)c3c1C(=O)O)C2. The number of halogens is 1. The van der Waals surface area contributed by atoms with Crippen molar-refractivity contribution in [1.82, 2.24) is 9.88 Å². The summed E-state index contributed by atoms with van der Waals surface area (Å²) in [5, 5.41) is 10.5. The number of carboxylic acid groups (broad SMARTS) is 1. The van der Waals surface area contributed by atoms with Gasteiger partial charge >= 0.3 is 5.97 Å². The molecule has 0 aliphatic carbocycles. The van der Waals surface area contributed by atoms with E-state index in [1.165, 1.54) is 0 Å². The summed E-state index contributed by atoms with van der Waals surface area (Å²) in [4.78, 5) is 19.0. The van der Waals surface area contributed by atoms with Crippen molar-refractivity contribution in [3.8, 4) is 0 Å². The first-order valence-electron chi connectivity index (χ1n) is 7.14. The molecule has 0 spiro atoms. The molecule has 4 nitrogen and oxygen atoms in total.